The van der Waals surface area contributed by atoms with Crippen LogP contribution < -0.4 is 10.5 Å². The van der Waals surface area contributed by atoms with Gasteiger partial charge in [0, 0.05) is 16.1 Å². The van der Waals surface area contributed by atoms with Gasteiger partial charge in [0.2, 0.25) is 0 Å². The summed E-state index contributed by atoms with van der Waals surface area (Å²) in [6.45, 7) is 1.87. The number of halogens is 1. The summed E-state index contributed by atoms with van der Waals surface area (Å²) in [4.78, 5) is 0. The van der Waals surface area contributed by atoms with Crippen molar-refractivity contribution in [2.45, 2.75) is 25.1 Å². The molecule has 0 aliphatic heterocycles. The van der Waals surface area contributed by atoms with Gasteiger partial charge >= 0.3 is 0 Å². The highest BCUT2D eigenvalue weighted by atomic mass is 79.9. The maximum absolute atomic E-state index is 12.0. The molecule has 0 radical (unpaired) electrons. The maximum atomic E-state index is 12.0. The van der Waals surface area contributed by atoms with Gasteiger partial charge in [-0.15, -0.1) is 0 Å². The number of sulfone groups is 1. The van der Waals surface area contributed by atoms with Gasteiger partial charge < -0.3 is 10.5 Å². The molecule has 1 aromatic rings. The van der Waals surface area contributed by atoms with Crippen LogP contribution in [-0.4, -0.2) is 27.3 Å². The summed E-state index contributed by atoms with van der Waals surface area (Å²) in [7, 11) is -1.70. The number of hydrogen-bond donors (Lipinski definition) is 1. The Hall–Kier alpha value is -0.590. The molecule has 0 aromatic heterocycles. The Balaban J connectivity index is 2.93. The molecule has 6 heteroatoms. The quantitative estimate of drug-likeness (QED) is 0.864. The zero-order valence-electron chi connectivity index (χ0n) is 10.5. The molecule has 2 N–H and O–H groups in total. The number of methoxy groups -OCH3 is 1. The van der Waals surface area contributed by atoms with E-state index in [1.807, 2.05) is 13.0 Å². The first-order chi connectivity index (χ1) is 8.38. The van der Waals surface area contributed by atoms with E-state index in [4.69, 9.17) is 10.5 Å². The van der Waals surface area contributed by atoms with Gasteiger partial charge in [-0.05, 0) is 24.6 Å². The number of rotatable bonds is 6. The molecule has 0 amide bonds. The van der Waals surface area contributed by atoms with Crippen LogP contribution in [0.25, 0.3) is 0 Å². The molecule has 0 saturated heterocycles. The minimum Gasteiger partial charge on any atom is -0.496 e. The van der Waals surface area contributed by atoms with Crippen molar-refractivity contribution in [3.8, 4) is 5.75 Å². The Bertz CT molecular complexity index is 502. The molecular formula is C12H18BrNO3S. The average molecular weight is 336 g/mol. The van der Waals surface area contributed by atoms with E-state index in [-0.39, 0.29) is 17.5 Å². The molecule has 0 saturated carbocycles. The van der Waals surface area contributed by atoms with Crippen molar-refractivity contribution < 1.29 is 13.2 Å². The maximum Gasteiger partial charge on any atom is 0.156 e. The molecule has 1 aromatic carbocycles. The van der Waals surface area contributed by atoms with E-state index in [2.05, 4.69) is 15.9 Å². The third-order valence-corrected chi connectivity index (χ3v) is 4.79. The molecule has 0 aliphatic rings. The predicted molar refractivity (Wildman–Crippen MR) is 76.5 cm³/mol. The fourth-order valence-corrected chi connectivity index (χ4v) is 3.71. The first-order valence-electron chi connectivity index (χ1n) is 5.66. The molecule has 0 fully saturated rings. The molecule has 102 valence electrons. The second-order valence-electron chi connectivity index (χ2n) is 4.18. The first kappa shape index (κ1) is 15.5. The van der Waals surface area contributed by atoms with Crippen LogP contribution in [0.15, 0.2) is 22.7 Å². The summed E-state index contributed by atoms with van der Waals surface area (Å²) < 4.78 is 30.0. The van der Waals surface area contributed by atoms with Crippen molar-refractivity contribution >= 4 is 25.8 Å². The summed E-state index contributed by atoms with van der Waals surface area (Å²) in [5.41, 5.74) is 6.34. The van der Waals surface area contributed by atoms with Crippen molar-refractivity contribution in [3.63, 3.8) is 0 Å². The molecule has 18 heavy (non-hydrogen) atoms. The van der Waals surface area contributed by atoms with Crippen LogP contribution in [0.3, 0.4) is 0 Å². The lowest BCUT2D eigenvalue weighted by Gasteiger charge is -2.12. The summed E-state index contributed by atoms with van der Waals surface area (Å²) in [5.74, 6) is 0.523. The number of benzene rings is 1. The van der Waals surface area contributed by atoms with Crippen LogP contribution in [0.2, 0.25) is 0 Å². The SMILES string of the molecule is CCC(N)CS(=O)(=O)Cc1cc(Br)ccc1OC. The van der Waals surface area contributed by atoms with Gasteiger partial charge in [0.15, 0.2) is 9.84 Å². The van der Waals surface area contributed by atoms with Crippen molar-refractivity contribution in [2.24, 2.45) is 5.73 Å². The molecule has 1 rings (SSSR count). The van der Waals surface area contributed by atoms with Gasteiger partial charge in [0.25, 0.3) is 0 Å². The first-order valence-corrected chi connectivity index (χ1v) is 8.27. The van der Waals surface area contributed by atoms with Crippen LogP contribution >= 0.6 is 15.9 Å². The third kappa shape index (κ3) is 4.59. The van der Waals surface area contributed by atoms with Crippen LogP contribution in [-0.2, 0) is 15.6 Å². The average Bonchev–Trinajstić information content (AvgIpc) is 2.28. The van der Waals surface area contributed by atoms with Crippen LogP contribution in [0.4, 0.5) is 0 Å². The summed E-state index contributed by atoms with van der Waals surface area (Å²) in [5, 5.41) is 0. The van der Waals surface area contributed by atoms with Gasteiger partial charge in [-0.3, -0.25) is 0 Å². The minimum atomic E-state index is -3.22. The smallest absolute Gasteiger partial charge is 0.156 e. The van der Waals surface area contributed by atoms with Crippen LogP contribution in [0, 0.1) is 0 Å². The second-order valence-corrected chi connectivity index (χ2v) is 7.20. The van der Waals surface area contributed by atoms with Gasteiger partial charge in [-0.2, -0.15) is 0 Å². The normalized spacial score (nSPS) is 13.3. The monoisotopic (exact) mass is 335 g/mol. The molecule has 0 spiro atoms. The molecular weight excluding hydrogens is 318 g/mol. The number of nitrogens with two attached hydrogens (primary N) is 1. The predicted octanol–water partition coefficient (Wildman–Crippen LogP) is 2.11. The van der Waals surface area contributed by atoms with E-state index in [9.17, 15) is 8.42 Å². The molecule has 1 atom stereocenters. The van der Waals surface area contributed by atoms with E-state index in [0.29, 0.717) is 17.7 Å². The highest BCUT2D eigenvalue weighted by Gasteiger charge is 2.18. The third-order valence-electron chi connectivity index (χ3n) is 2.61. The van der Waals surface area contributed by atoms with Crippen molar-refractivity contribution in [1.82, 2.24) is 0 Å². The van der Waals surface area contributed by atoms with Gasteiger partial charge in [0.1, 0.15) is 5.75 Å². The van der Waals surface area contributed by atoms with E-state index in [0.717, 1.165) is 4.47 Å². The highest BCUT2D eigenvalue weighted by molar-refractivity contribution is 9.10. The van der Waals surface area contributed by atoms with E-state index < -0.39 is 9.84 Å². The lowest BCUT2D eigenvalue weighted by molar-refractivity contribution is 0.411. The Kier molecular flexibility index (Phi) is 5.62. The standard InChI is InChI=1S/C12H18BrNO3S/c1-3-11(14)8-18(15,16)7-9-6-10(13)4-5-12(9)17-2/h4-6,11H,3,7-8,14H2,1-2H3. The highest BCUT2D eigenvalue weighted by Crippen LogP contribution is 2.25. The fourth-order valence-electron chi connectivity index (χ4n) is 1.60. The van der Waals surface area contributed by atoms with Crippen molar-refractivity contribution in [3.05, 3.63) is 28.2 Å². The Morgan fingerprint density at radius 1 is 1.44 bits per heavy atom. The lowest BCUT2D eigenvalue weighted by atomic mass is 10.2. The fraction of sp³-hybridized carbons (Fsp3) is 0.500. The summed E-state index contributed by atoms with van der Waals surface area (Å²) in [6.07, 6.45) is 0.648. The topological polar surface area (TPSA) is 69.4 Å². The largest absolute Gasteiger partial charge is 0.496 e. The van der Waals surface area contributed by atoms with Crippen LogP contribution in [0.1, 0.15) is 18.9 Å². The molecule has 1 unspecified atom stereocenters. The Morgan fingerprint density at radius 3 is 2.67 bits per heavy atom. The van der Waals surface area contributed by atoms with Gasteiger partial charge in [-0.25, -0.2) is 8.42 Å². The molecule has 0 heterocycles. The van der Waals surface area contributed by atoms with E-state index in [1.54, 1.807) is 12.1 Å². The number of ether oxygens (including phenoxy) is 1. The number of hydrogen-bond acceptors (Lipinski definition) is 4. The zero-order chi connectivity index (χ0) is 13.8. The van der Waals surface area contributed by atoms with Gasteiger partial charge in [0.05, 0.1) is 18.6 Å². The van der Waals surface area contributed by atoms with Gasteiger partial charge in [-0.1, -0.05) is 22.9 Å². The zero-order valence-corrected chi connectivity index (χ0v) is 12.9. The molecule has 0 bridgehead atoms. The van der Waals surface area contributed by atoms with Crippen LogP contribution in [0.5, 0.6) is 5.75 Å². The second kappa shape index (κ2) is 6.54. The molecule has 4 nitrogen and oxygen atoms in total. The van der Waals surface area contributed by atoms with E-state index in [1.165, 1.54) is 7.11 Å². The molecule has 0 aliphatic carbocycles. The lowest BCUT2D eigenvalue weighted by Crippen LogP contribution is -2.29. The summed E-state index contributed by atoms with van der Waals surface area (Å²) >= 11 is 3.32. The van der Waals surface area contributed by atoms with Crippen molar-refractivity contribution in [1.29, 1.82) is 0 Å². The minimum absolute atomic E-state index is 0.000826. The van der Waals surface area contributed by atoms with Crippen molar-refractivity contribution in [2.75, 3.05) is 12.9 Å². The van der Waals surface area contributed by atoms with E-state index >= 15 is 0 Å². The Labute approximate surface area is 117 Å². The summed E-state index contributed by atoms with van der Waals surface area (Å²) in [6, 6.07) is 5.00. The Morgan fingerprint density at radius 2 is 2.11 bits per heavy atom.